The second-order valence-corrected chi connectivity index (χ2v) is 11.2. The maximum Gasteiger partial charge on any atom is 0.282 e. The van der Waals surface area contributed by atoms with Crippen molar-refractivity contribution in [2.75, 3.05) is 38.1 Å². The Kier molecular flexibility index (Phi) is 5.23. The van der Waals surface area contributed by atoms with E-state index in [1.165, 1.54) is 32.1 Å². The van der Waals surface area contributed by atoms with E-state index in [9.17, 15) is 8.42 Å². The van der Waals surface area contributed by atoms with Crippen LogP contribution >= 0.6 is 0 Å². The molecule has 2 aliphatic carbocycles. The van der Waals surface area contributed by atoms with Crippen LogP contribution < -0.4 is 4.90 Å². The van der Waals surface area contributed by atoms with Crippen LogP contribution in [-0.2, 0) is 10.2 Å². The molecule has 9 heteroatoms. The van der Waals surface area contributed by atoms with Gasteiger partial charge in [-0.15, -0.1) is 0 Å². The van der Waals surface area contributed by atoms with Gasteiger partial charge in [0.1, 0.15) is 17.8 Å². The monoisotopic (exact) mass is 432 g/mol. The van der Waals surface area contributed by atoms with E-state index in [0.717, 1.165) is 36.1 Å². The van der Waals surface area contributed by atoms with Crippen molar-refractivity contribution in [2.45, 2.75) is 56.9 Å². The van der Waals surface area contributed by atoms with Gasteiger partial charge in [-0.25, -0.2) is 9.97 Å². The average Bonchev–Trinajstić information content (AvgIpc) is 3.33. The van der Waals surface area contributed by atoms with E-state index in [4.69, 9.17) is 0 Å². The summed E-state index contributed by atoms with van der Waals surface area (Å²) >= 11 is 0. The molecule has 0 atom stereocenters. The van der Waals surface area contributed by atoms with Crippen LogP contribution in [0.25, 0.3) is 11.0 Å². The molecule has 164 valence electrons. The molecule has 1 aliphatic heterocycles. The fraction of sp³-hybridized carbons (Fsp3) is 0.714. The molecule has 2 aromatic heterocycles. The van der Waals surface area contributed by atoms with Gasteiger partial charge in [0.25, 0.3) is 10.2 Å². The number of H-pyrrole nitrogens is 1. The molecule has 1 saturated heterocycles. The summed E-state index contributed by atoms with van der Waals surface area (Å²) < 4.78 is 30.2. The molecule has 8 nitrogen and oxygen atoms in total. The summed E-state index contributed by atoms with van der Waals surface area (Å²) in [6.45, 7) is 2.47. The Hall–Kier alpha value is -1.71. The van der Waals surface area contributed by atoms with Gasteiger partial charge in [-0.2, -0.15) is 17.0 Å². The second-order valence-electron chi connectivity index (χ2n) is 9.28. The molecule has 2 saturated carbocycles. The molecule has 3 heterocycles. The largest absolute Gasteiger partial charge is 0.353 e. The molecule has 1 N–H and O–H groups in total. The van der Waals surface area contributed by atoms with Gasteiger partial charge >= 0.3 is 0 Å². The van der Waals surface area contributed by atoms with E-state index >= 15 is 0 Å². The lowest BCUT2D eigenvalue weighted by Gasteiger charge is -2.43. The topological polar surface area (TPSA) is 85.4 Å². The highest BCUT2D eigenvalue weighted by Gasteiger charge is 2.56. The minimum absolute atomic E-state index is 0.288. The lowest BCUT2D eigenvalue weighted by molar-refractivity contribution is 0.244. The predicted molar refractivity (Wildman–Crippen MR) is 118 cm³/mol. The van der Waals surface area contributed by atoms with Crippen LogP contribution in [0.15, 0.2) is 18.6 Å². The van der Waals surface area contributed by atoms with E-state index in [1.807, 2.05) is 12.3 Å². The van der Waals surface area contributed by atoms with Gasteiger partial charge in [0, 0.05) is 39.4 Å². The van der Waals surface area contributed by atoms with Crippen LogP contribution in [0.3, 0.4) is 0 Å². The molecule has 0 aromatic carbocycles. The molecule has 3 fully saturated rings. The number of nitrogens with one attached hydrogen (secondary N) is 1. The third kappa shape index (κ3) is 3.61. The van der Waals surface area contributed by atoms with E-state index in [0.29, 0.717) is 32.1 Å². The van der Waals surface area contributed by atoms with Crippen LogP contribution in [0.1, 0.15) is 51.4 Å². The third-order valence-electron chi connectivity index (χ3n) is 7.30. The molecule has 0 amide bonds. The van der Waals surface area contributed by atoms with Gasteiger partial charge in [0.2, 0.25) is 0 Å². The normalized spacial score (nSPS) is 22.9. The summed E-state index contributed by atoms with van der Waals surface area (Å²) in [5.74, 6) is 1.58. The van der Waals surface area contributed by atoms with E-state index in [1.54, 1.807) is 22.0 Å². The zero-order valence-corrected chi connectivity index (χ0v) is 18.6. The standard InChI is InChI=1S/C21H32N6O2S/c1-25(12-8-17-5-3-2-4-6-17)30(28,29)27-14-13-26(15-21(27)9-10-21)20-18-7-11-22-19(18)23-16-24-20/h7,11,16-17H,2-6,8-10,12-15H2,1H3,(H,22,23,24). The van der Waals surface area contributed by atoms with Gasteiger partial charge in [-0.05, 0) is 31.2 Å². The SMILES string of the molecule is CN(CCC1CCCCC1)S(=O)(=O)N1CCN(c2ncnc3[nH]ccc23)CC12CC2. The molecular weight excluding hydrogens is 400 g/mol. The van der Waals surface area contributed by atoms with Gasteiger partial charge in [-0.1, -0.05) is 32.1 Å². The Balaban J connectivity index is 1.28. The maximum atomic E-state index is 13.4. The van der Waals surface area contributed by atoms with E-state index in [2.05, 4.69) is 19.9 Å². The van der Waals surface area contributed by atoms with Crippen molar-refractivity contribution in [3.63, 3.8) is 0 Å². The zero-order valence-electron chi connectivity index (χ0n) is 17.8. The minimum Gasteiger partial charge on any atom is -0.353 e. The van der Waals surface area contributed by atoms with Crippen LogP contribution in [0.4, 0.5) is 5.82 Å². The van der Waals surface area contributed by atoms with Crippen molar-refractivity contribution >= 4 is 27.1 Å². The summed E-state index contributed by atoms with van der Waals surface area (Å²) in [5, 5.41) is 0.995. The number of aromatic amines is 1. The zero-order chi connectivity index (χ0) is 20.8. The first-order valence-corrected chi connectivity index (χ1v) is 12.7. The highest BCUT2D eigenvalue weighted by molar-refractivity contribution is 7.86. The number of fused-ring (bicyclic) bond motifs is 1. The van der Waals surface area contributed by atoms with Crippen LogP contribution in [-0.4, -0.2) is 70.7 Å². The number of aromatic nitrogens is 3. The van der Waals surface area contributed by atoms with Gasteiger partial charge in [-0.3, -0.25) is 0 Å². The Morgan fingerprint density at radius 3 is 2.77 bits per heavy atom. The van der Waals surface area contributed by atoms with Crippen LogP contribution in [0.5, 0.6) is 0 Å². The molecular formula is C21H32N6O2S. The number of rotatable bonds is 6. The van der Waals surface area contributed by atoms with Gasteiger partial charge < -0.3 is 9.88 Å². The average molecular weight is 433 g/mol. The van der Waals surface area contributed by atoms with Crippen molar-refractivity contribution < 1.29 is 8.42 Å². The van der Waals surface area contributed by atoms with E-state index < -0.39 is 10.2 Å². The Morgan fingerprint density at radius 1 is 1.20 bits per heavy atom. The summed E-state index contributed by atoms with van der Waals surface area (Å²) in [5.41, 5.74) is 0.534. The van der Waals surface area contributed by atoms with Crippen LogP contribution in [0, 0.1) is 5.92 Å². The first kappa shape index (κ1) is 20.2. The summed E-state index contributed by atoms with van der Waals surface area (Å²) in [6, 6.07) is 1.99. The Labute approximate surface area is 178 Å². The van der Waals surface area contributed by atoms with Crippen molar-refractivity contribution in [3.8, 4) is 0 Å². The lowest BCUT2D eigenvalue weighted by Crippen LogP contribution is -2.59. The fourth-order valence-corrected chi connectivity index (χ4v) is 7.00. The highest BCUT2D eigenvalue weighted by atomic mass is 32.2. The first-order chi connectivity index (χ1) is 14.5. The highest BCUT2D eigenvalue weighted by Crippen LogP contribution is 2.47. The second kappa shape index (κ2) is 7.76. The third-order valence-corrected chi connectivity index (χ3v) is 9.39. The molecule has 30 heavy (non-hydrogen) atoms. The predicted octanol–water partition coefficient (Wildman–Crippen LogP) is 2.76. The van der Waals surface area contributed by atoms with Crippen molar-refractivity contribution in [2.24, 2.45) is 5.92 Å². The number of anilines is 1. The molecule has 5 rings (SSSR count). The van der Waals surface area contributed by atoms with Crippen molar-refractivity contribution in [1.29, 1.82) is 0 Å². The summed E-state index contributed by atoms with van der Waals surface area (Å²) in [7, 11) is -1.69. The lowest BCUT2D eigenvalue weighted by atomic mass is 9.87. The number of hydrogen-bond acceptors (Lipinski definition) is 5. The number of piperazine rings is 1. The number of nitrogens with zero attached hydrogens (tertiary/aromatic N) is 5. The molecule has 0 radical (unpaired) electrons. The van der Waals surface area contributed by atoms with Crippen molar-refractivity contribution in [3.05, 3.63) is 18.6 Å². The number of hydrogen-bond donors (Lipinski definition) is 1. The van der Waals surface area contributed by atoms with Gasteiger partial charge in [0.05, 0.1) is 10.9 Å². The maximum absolute atomic E-state index is 13.4. The summed E-state index contributed by atoms with van der Waals surface area (Å²) in [6.07, 6.45) is 12.7. The van der Waals surface area contributed by atoms with E-state index in [-0.39, 0.29) is 5.54 Å². The molecule has 0 unspecified atom stereocenters. The molecule has 1 spiro atoms. The van der Waals surface area contributed by atoms with Gasteiger partial charge in [0.15, 0.2) is 0 Å². The molecule has 0 bridgehead atoms. The quantitative estimate of drug-likeness (QED) is 0.759. The minimum atomic E-state index is -3.44. The summed E-state index contributed by atoms with van der Waals surface area (Å²) in [4.78, 5) is 14.2. The first-order valence-electron chi connectivity index (χ1n) is 11.3. The Bertz CT molecular complexity index is 996. The molecule has 2 aromatic rings. The smallest absolute Gasteiger partial charge is 0.282 e. The Morgan fingerprint density at radius 2 is 2.00 bits per heavy atom. The molecule has 3 aliphatic rings. The van der Waals surface area contributed by atoms with Crippen molar-refractivity contribution in [1.82, 2.24) is 23.6 Å². The van der Waals surface area contributed by atoms with Crippen LogP contribution in [0.2, 0.25) is 0 Å². The fourth-order valence-electron chi connectivity index (χ4n) is 5.29.